The van der Waals surface area contributed by atoms with Gasteiger partial charge in [-0.05, 0) is 17.7 Å². The summed E-state index contributed by atoms with van der Waals surface area (Å²) in [4.78, 5) is 21.1. The van der Waals surface area contributed by atoms with Crippen LogP contribution in [0.5, 0.6) is 0 Å². The van der Waals surface area contributed by atoms with Crippen LogP contribution in [0.1, 0.15) is 5.56 Å². The lowest BCUT2D eigenvalue weighted by atomic mass is 10.1. The molecule has 0 fully saturated rings. The Labute approximate surface area is 87.6 Å². The van der Waals surface area contributed by atoms with Crippen LogP contribution < -0.4 is 5.32 Å². The predicted molar refractivity (Wildman–Crippen MR) is 57.2 cm³/mol. The number of rotatable bonds is 4. The van der Waals surface area contributed by atoms with E-state index in [4.69, 9.17) is 0 Å². The molecule has 0 radical (unpaired) electrons. The van der Waals surface area contributed by atoms with Crippen molar-refractivity contribution >= 4 is 24.1 Å². The number of amides is 1. The topological polar surface area (TPSA) is 55.4 Å². The molecule has 0 aliphatic rings. The first-order valence-electron chi connectivity index (χ1n) is 4.33. The van der Waals surface area contributed by atoms with Crippen LogP contribution in [0.15, 0.2) is 30.3 Å². The van der Waals surface area contributed by atoms with Crippen LogP contribution in [0.25, 0.3) is 6.08 Å². The molecule has 15 heavy (non-hydrogen) atoms. The van der Waals surface area contributed by atoms with Crippen LogP contribution in [0.2, 0.25) is 0 Å². The minimum Gasteiger partial charge on any atom is -0.466 e. The van der Waals surface area contributed by atoms with Crippen molar-refractivity contribution in [2.75, 3.05) is 12.4 Å². The Hall–Kier alpha value is -2.10. The summed E-state index contributed by atoms with van der Waals surface area (Å²) in [5.41, 5.74) is 1.39. The van der Waals surface area contributed by atoms with Crippen LogP contribution in [0.3, 0.4) is 0 Å². The van der Waals surface area contributed by atoms with E-state index >= 15 is 0 Å². The summed E-state index contributed by atoms with van der Waals surface area (Å²) in [6.07, 6.45) is 3.47. The number of carbonyl (C=O) groups is 2. The van der Waals surface area contributed by atoms with Crippen molar-refractivity contribution < 1.29 is 14.3 Å². The minimum absolute atomic E-state index is 0.434. The fraction of sp³-hybridized carbons (Fsp3) is 0.0909. The first-order chi connectivity index (χ1) is 7.27. The van der Waals surface area contributed by atoms with E-state index in [1.54, 1.807) is 24.3 Å². The van der Waals surface area contributed by atoms with Crippen molar-refractivity contribution in [2.45, 2.75) is 0 Å². The smallest absolute Gasteiger partial charge is 0.330 e. The van der Waals surface area contributed by atoms with Gasteiger partial charge in [-0.25, -0.2) is 4.79 Å². The van der Waals surface area contributed by atoms with E-state index < -0.39 is 5.97 Å². The van der Waals surface area contributed by atoms with Crippen LogP contribution in [0.4, 0.5) is 5.69 Å². The van der Waals surface area contributed by atoms with E-state index in [0.717, 1.165) is 5.56 Å². The molecule has 0 heterocycles. The maximum absolute atomic E-state index is 10.9. The molecule has 0 bridgehead atoms. The summed E-state index contributed by atoms with van der Waals surface area (Å²) in [6.45, 7) is 0. The lowest BCUT2D eigenvalue weighted by Gasteiger charge is -2.02. The summed E-state index contributed by atoms with van der Waals surface area (Å²) >= 11 is 0. The summed E-state index contributed by atoms with van der Waals surface area (Å²) in [5, 5.41) is 2.53. The van der Waals surface area contributed by atoms with E-state index in [0.29, 0.717) is 12.1 Å². The molecule has 0 atom stereocenters. The number of anilines is 1. The number of hydrogen-bond donors (Lipinski definition) is 1. The molecule has 0 aliphatic heterocycles. The van der Waals surface area contributed by atoms with Crippen molar-refractivity contribution in [3.63, 3.8) is 0 Å². The quantitative estimate of drug-likeness (QED) is 0.459. The molecule has 1 aromatic carbocycles. The largest absolute Gasteiger partial charge is 0.466 e. The number of hydrogen-bond acceptors (Lipinski definition) is 3. The molecule has 0 aromatic heterocycles. The highest BCUT2D eigenvalue weighted by Gasteiger charge is 1.97. The summed E-state index contributed by atoms with van der Waals surface area (Å²) in [5.74, 6) is -0.434. The molecule has 4 heteroatoms. The molecule has 1 N–H and O–H groups in total. The molecular weight excluding hydrogens is 194 g/mol. The van der Waals surface area contributed by atoms with Crippen LogP contribution >= 0.6 is 0 Å². The Morgan fingerprint density at radius 2 is 2.13 bits per heavy atom. The van der Waals surface area contributed by atoms with E-state index in [-0.39, 0.29) is 0 Å². The highest BCUT2D eigenvalue weighted by atomic mass is 16.5. The number of methoxy groups -OCH3 is 1. The molecule has 4 nitrogen and oxygen atoms in total. The normalized spacial score (nSPS) is 9.93. The molecular formula is C11H11NO3. The number of carbonyl (C=O) groups excluding carboxylic acids is 2. The number of nitrogens with one attached hydrogen (secondary N) is 1. The molecule has 1 amide bonds. The number of ether oxygens (including phenoxy) is 1. The number of para-hydroxylation sites is 1. The van der Waals surface area contributed by atoms with Crippen molar-refractivity contribution in [3.05, 3.63) is 35.9 Å². The van der Waals surface area contributed by atoms with Gasteiger partial charge < -0.3 is 10.1 Å². The van der Waals surface area contributed by atoms with E-state index in [2.05, 4.69) is 10.1 Å². The van der Waals surface area contributed by atoms with Gasteiger partial charge >= 0.3 is 5.97 Å². The third-order valence-electron chi connectivity index (χ3n) is 1.78. The van der Waals surface area contributed by atoms with E-state index in [1.165, 1.54) is 13.2 Å². The van der Waals surface area contributed by atoms with Crippen LogP contribution in [-0.4, -0.2) is 19.5 Å². The van der Waals surface area contributed by atoms with Crippen LogP contribution in [0, 0.1) is 0 Å². The van der Waals surface area contributed by atoms with Gasteiger partial charge in [-0.15, -0.1) is 0 Å². The maximum atomic E-state index is 10.9. The minimum atomic E-state index is -0.434. The van der Waals surface area contributed by atoms with E-state index in [9.17, 15) is 9.59 Å². The highest BCUT2D eigenvalue weighted by Crippen LogP contribution is 2.15. The monoisotopic (exact) mass is 205 g/mol. The maximum Gasteiger partial charge on any atom is 0.330 e. The van der Waals surface area contributed by atoms with Gasteiger partial charge in [0.25, 0.3) is 0 Å². The standard InChI is InChI=1S/C11H11NO3/c1-15-11(14)7-6-9-4-2-3-5-10(9)12-8-13/h2-8H,1H3,(H,12,13). The highest BCUT2D eigenvalue weighted by molar-refractivity contribution is 5.89. The van der Waals surface area contributed by atoms with Crippen LogP contribution in [-0.2, 0) is 14.3 Å². The first kappa shape index (κ1) is 11.0. The second-order valence-electron chi connectivity index (χ2n) is 2.71. The van der Waals surface area contributed by atoms with Gasteiger partial charge in [-0.1, -0.05) is 18.2 Å². The van der Waals surface area contributed by atoms with Crippen molar-refractivity contribution in [1.29, 1.82) is 0 Å². The van der Waals surface area contributed by atoms with Gasteiger partial charge in [0, 0.05) is 11.8 Å². The first-order valence-corrected chi connectivity index (χ1v) is 4.33. The van der Waals surface area contributed by atoms with Crippen molar-refractivity contribution in [1.82, 2.24) is 0 Å². The van der Waals surface area contributed by atoms with Gasteiger partial charge in [-0.2, -0.15) is 0 Å². The average Bonchev–Trinajstić information content (AvgIpc) is 2.28. The lowest BCUT2D eigenvalue weighted by Crippen LogP contribution is -1.97. The zero-order valence-corrected chi connectivity index (χ0v) is 8.27. The SMILES string of the molecule is COC(=O)C=Cc1ccccc1NC=O. The molecule has 0 spiro atoms. The summed E-state index contributed by atoms with van der Waals surface area (Å²) in [7, 11) is 1.31. The third kappa shape index (κ3) is 3.27. The lowest BCUT2D eigenvalue weighted by molar-refractivity contribution is -0.134. The Kier molecular flexibility index (Phi) is 4.09. The Balaban J connectivity index is 2.88. The van der Waals surface area contributed by atoms with Gasteiger partial charge in [0.05, 0.1) is 7.11 Å². The Morgan fingerprint density at radius 1 is 1.40 bits per heavy atom. The van der Waals surface area contributed by atoms with Crippen molar-refractivity contribution in [3.8, 4) is 0 Å². The average molecular weight is 205 g/mol. The second kappa shape index (κ2) is 5.59. The van der Waals surface area contributed by atoms with E-state index in [1.807, 2.05) is 6.07 Å². The van der Waals surface area contributed by atoms with Gasteiger partial charge in [0.1, 0.15) is 0 Å². The zero-order valence-electron chi connectivity index (χ0n) is 8.27. The summed E-state index contributed by atoms with van der Waals surface area (Å²) < 4.78 is 4.46. The molecule has 1 rings (SSSR count). The Morgan fingerprint density at radius 3 is 2.80 bits per heavy atom. The number of benzene rings is 1. The molecule has 1 aromatic rings. The van der Waals surface area contributed by atoms with Gasteiger partial charge in [-0.3, -0.25) is 4.79 Å². The predicted octanol–water partition coefficient (Wildman–Crippen LogP) is 1.44. The zero-order chi connectivity index (χ0) is 11.1. The Bertz CT molecular complexity index is 385. The fourth-order valence-corrected chi connectivity index (χ4v) is 1.06. The molecule has 0 saturated carbocycles. The fourth-order valence-electron chi connectivity index (χ4n) is 1.06. The molecule has 0 saturated heterocycles. The third-order valence-corrected chi connectivity index (χ3v) is 1.78. The summed E-state index contributed by atoms with van der Waals surface area (Å²) in [6, 6.07) is 7.13. The second-order valence-corrected chi connectivity index (χ2v) is 2.71. The van der Waals surface area contributed by atoms with Gasteiger partial charge in [0.2, 0.25) is 6.41 Å². The molecule has 0 unspecified atom stereocenters. The molecule has 0 aliphatic carbocycles. The van der Waals surface area contributed by atoms with Gasteiger partial charge in [0.15, 0.2) is 0 Å². The molecule has 78 valence electrons. The van der Waals surface area contributed by atoms with Crippen molar-refractivity contribution in [2.24, 2.45) is 0 Å². The number of esters is 1.